The molecular weight excluding hydrogens is 616 g/mol. The van der Waals surface area contributed by atoms with Crippen LogP contribution in [0.3, 0.4) is 0 Å². The Bertz CT molecular complexity index is 1830. The summed E-state index contributed by atoms with van der Waals surface area (Å²) >= 11 is 7.42. The van der Waals surface area contributed by atoms with E-state index < -0.39 is 0 Å². The number of nitrogens with zero attached hydrogens (tertiary/aromatic N) is 2. The van der Waals surface area contributed by atoms with Crippen molar-refractivity contribution in [2.45, 2.75) is 0 Å². The van der Waals surface area contributed by atoms with Gasteiger partial charge in [0.2, 0.25) is 0 Å². The molecule has 8 nitrogen and oxygen atoms in total. The van der Waals surface area contributed by atoms with Crippen molar-refractivity contribution >= 4 is 98.6 Å². The average Bonchev–Trinajstić information content (AvgIpc) is 2.90. The predicted octanol–water partition coefficient (Wildman–Crippen LogP) is 4.81. The van der Waals surface area contributed by atoms with Crippen LogP contribution in [0.25, 0.3) is 43.1 Å². The second kappa shape index (κ2) is 8.03. The first-order valence-corrected chi connectivity index (χ1v) is 13.5. The number of rotatable bonds is 4. The Morgan fingerprint density at radius 1 is 0.553 bits per heavy atom. The summed E-state index contributed by atoms with van der Waals surface area (Å²) in [5, 5.41) is 11.9. The van der Waals surface area contributed by atoms with E-state index in [1.54, 1.807) is 38.4 Å². The van der Waals surface area contributed by atoms with Crippen LogP contribution >= 0.6 is 31.9 Å². The number of benzene rings is 5. The molecule has 0 radical (unpaired) electrons. The average molecular weight is 634 g/mol. The van der Waals surface area contributed by atoms with Crippen LogP contribution in [0.4, 0.5) is 0 Å². The van der Waals surface area contributed by atoms with Crippen molar-refractivity contribution in [2.24, 2.45) is 0 Å². The molecule has 2 N–H and O–H groups in total. The van der Waals surface area contributed by atoms with Gasteiger partial charge in [-0.3, -0.25) is 29.0 Å². The molecule has 0 saturated carbocycles. The number of nitrogens with one attached hydrogen (secondary N) is 2. The van der Waals surface area contributed by atoms with Crippen LogP contribution in [0.5, 0.6) is 0 Å². The molecule has 0 aromatic heterocycles. The number of amides is 4. The normalized spacial score (nSPS) is 15.4. The van der Waals surface area contributed by atoms with Gasteiger partial charge in [0.1, 0.15) is 0 Å². The molecule has 2 aliphatic rings. The van der Waals surface area contributed by atoms with Gasteiger partial charge in [-0.2, -0.15) is 0 Å². The third-order valence-corrected chi connectivity index (χ3v) is 8.79. The summed E-state index contributed by atoms with van der Waals surface area (Å²) in [6.45, 7) is 0.206. The Morgan fingerprint density at radius 3 is 1.29 bits per heavy atom. The molecule has 0 saturated heterocycles. The molecule has 10 heteroatoms. The van der Waals surface area contributed by atoms with E-state index in [0.29, 0.717) is 42.0 Å². The highest BCUT2D eigenvalue weighted by molar-refractivity contribution is 9.11. The van der Waals surface area contributed by atoms with E-state index in [2.05, 4.69) is 42.5 Å². The molecule has 0 spiro atoms. The fourth-order valence-electron chi connectivity index (χ4n) is 6.07. The Kier molecular flexibility index (Phi) is 5.00. The van der Waals surface area contributed by atoms with E-state index in [-0.39, 0.29) is 37.0 Å². The first-order chi connectivity index (χ1) is 18.3. The van der Waals surface area contributed by atoms with Crippen LogP contribution in [0, 0.1) is 0 Å². The number of fused-ring (bicyclic) bond motifs is 2. The third-order valence-electron chi connectivity index (χ3n) is 7.54. The summed E-state index contributed by atoms with van der Waals surface area (Å²) < 4.78 is 1.39. The summed E-state index contributed by atoms with van der Waals surface area (Å²) in [4.78, 5) is 56.0. The summed E-state index contributed by atoms with van der Waals surface area (Å²) in [6.07, 6.45) is 0. The molecule has 0 atom stereocenters. The van der Waals surface area contributed by atoms with Gasteiger partial charge >= 0.3 is 0 Å². The minimum Gasteiger partial charge on any atom is -0.302 e. The number of hydrogen-bond donors (Lipinski definition) is 2. The van der Waals surface area contributed by atoms with Crippen LogP contribution in [0.1, 0.15) is 41.4 Å². The Morgan fingerprint density at radius 2 is 0.921 bits per heavy atom. The van der Waals surface area contributed by atoms with Gasteiger partial charge in [-0.25, -0.2) is 0 Å². The van der Waals surface area contributed by atoms with Crippen molar-refractivity contribution in [2.75, 3.05) is 27.4 Å². The molecule has 0 aliphatic carbocycles. The van der Waals surface area contributed by atoms with Crippen LogP contribution < -0.4 is 10.6 Å². The third kappa shape index (κ3) is 2.75. The lowest BCUT2D eigenvalue weighted by Gasteiger charge is -2.30. The number of hydrogen-bond acceptors (Lipinski definition) is 6. The second-order valence-electron chi connectivity index (χ2n) is 9.48. The quantitative estimate of drug-likeness (QED) is 0.168. The SMILES string of the molecule is CNCN1C(=O)c2ccc3c4c(Br)cc5c6c(ccc(c7c(Br)cc(c2c37)C1=O)c64)C(=O)N(CNC)C5=O. The lowest BCUT2D eigenvalue weighted by Crippen LogP contribution is -2.44. The largest absolute Gasteiger partial charge is 0.302 e. The molecule has 2 aliphatic heterocycles. The first-order valence-electron chi connectivity index (χ1n) is 11.9. The molecule has 0 unspecified atom stereocenters. The smallest absolute Gasteiger partial charge is 0.262 e. The maximum atomic E-state index is 13.4. The van der Waals surface area contributed by atoms with Gasteiger partial charge < -0.3 is 10.6 Å². The Balaban J connectivity index is 1.69. The summed E-state index contributed by atoms with van der Waals surface area (Å²) in [5.74, 6) is -1.44. The van der Waals surface area contributed by atoms with Crippen molar-refractivity contribution in [1.82, 2.24) is 20.4 Å². The highest BCUT2D eigenvalue weighted by Crippen LogP contribution is 2.50. The van der Waals surface area contributed by atoms with Crippen LogP contribution in [-0.2, 0) is 0 Å². The Hall–Kier alpha value is -3.44. The van der Waals surface area contributed by atoms with E-state index in [1.807, 2.05) is 12.1 Å². The monoisotopic (exact) mass is 632 g/mol. The van der Waals surface area contributed by atoms with Gasteiger partial charge in [-0.15, -0.1) is 0 Å². The lowest BCUT2D eigenvalue weighted by atomic mass is 9.82. The maximum absolute atomic E-state index is 13.4. The fraction of sp³-hybridized carbons (Fsp3) is 0.143. The van der Waals surface area contributed by atoms with Crippen molar-refractivity contribution in [3.63, 3.8) is 0 Å². The van der Waals surface area contributed by atoms with E-state index in [1.165, 1.54) is 9.80 Å². The molecule has 7 rings (SSSR count). The minimum absolute atomic E-state index is 0.103. The van der Waals surface area contributed by atoms with Gasteiger partial charge in [-0.05, 0) is 49.1 Å². The number of imide groups is 2. The van der Waals surface area contributed by atoms with Gasteiger partial charge in [0.15, 0.2) is 0 Å². The molecule has 38 heavy (non-hydrogen) atoms. The van der Waals surface area contributed by atoms with Crippen molar-refractivity contribution < 1.29 is 19.2 Å². The van der Waals surface area contributed by atoms with E-state index in [0.717, 1.165) is 32.3 Å². The number of halogens is 2. The topological polar surface area (TPSA) is 98.8 Å². The molecular formula is C28H18Br2N4O4. The first kappa shape index (κ1) is 23.7. The Labute approximate surface area is 232 Å². The van der Waals surface area contributed by atoms with Gasteiger partial charge in [0.25, 0.3) is 23.6 Å². The zero-order valence-electron chi connectivity index (χ0n) is 20.2. The summed E-state index contributed by atoms with van der Waals surface area (Å²) in [7, 11) is 3.37. The molecule has 5 aromatic rings. The zero-order chi connectivity index (χ0) is 26.6. The van der Waals surface area contributed by atoms with Crippen molar-refractivity contribution in [3.05, 3.63) is 67.6 Å². The summed E-state index contributed by atoms with van der Waals surface area (Å²) in [6, 6.07) is 10.8. The molecule has 4 amide bonds. The highest BCUT2D eigenvalue weighted by atomic mass is 79.9. The molecule has 0 bridgehead atoms. The van der Waals surface area contributed by atoms with Crippen LogP contribution in [0.15, 0.2) is 45.3 Å². The van der Waals surface area contributed by atoms with Gasteiger partial charge in [-0.1, -0.05) is 44.0 Å². The second-order valence-corrected chi connectivity index (χ2v) is 11.2. The molecule has 0 fully saturated rings. The number of carbonyl (C=O) groups excluding carboxylic acids is 4. The van der Waals surface area contributed by atoms with E-state index >= 15 is 0 Å². The maximum Gasteiger partial charge on any atom is 0.262 e. The van der Waals surface area contributed by atoms with E-state index in [9.17, 15) is 19.2 Å². The van der Waals surface area contributed by atoms with Gasteiger partial charge in [0.05, 0.1) is 13.3 Å². The number of carbonyl (C=O) groups is 4. The van der Waals surface area contributed by atoms with Crippen molar-refractivity contribution in [1.29, 1.82) is 0 Å². The van der Waals surface area contributed by atoms with Crippen molar-refractivity contribution in [3.8, 4) is 0 Å². The zero-order valence-corrected chi connectivity index (χ0v) is 23.3. The molecule has 5 aromatic carbocycles. The van der Waals surface area contributed by atoms with E-state index in [4.69, 9.17) is 0 Å². The fourth-order valence-corrected chi connectivity index (χ4v) is 7.35. The van der Waals surface area contributed by atoms with Crippen LogP contribution in [0.2, 0.25) is 0 Å². The molecule has 188 valence electrons. The minimum atomic E-state index is -0.364. The predicted molar refractivity (Wildman–Crippen MR) is 152 cm³/mol. The molecule has 2 heterocycles. The lowest BCUT2D eigenvalue weighted by molar-refractivity contribution is 0.0586. The standard InChI is InChI=1S/C28H18Br2N4O4/c1-31-9-33-25(35)13-5-3-11-22-18(30)8-16-20-14(26(36)34(10-32-2)28(16)38)6-4-12(24(20)22)21-17(29)7-15(27(33)37)19(13)23(11)21/h3-8,31-32H,9-10H2,1-2H3. The highest BCUT2D eigenvalue weighted by Gasteiger charge is 2.37. The summed E-state index contributed by atoms with van der Waals surface area (Å²) in [5.41, 5.74) is 1.81. The van der Waals surface area contributed by atoms with Gasteiger partial charge in [0, 0.05) is 63.5 Å². The van der Waals surface area contributed by atoms with Crippen LogP contribution in [-0.4, -0.2) is 60.9 Å².